The van der Waals surface area contributed by atoms with Crippen molar-refractivity contribution in [3.8, 4) is 0 Å². The Morgan fingerprint density at radius 2 is 0.861 bits per heavy atom. The number of nitrogens with zero attached hydrogens (tertiary/aromatic N) is 5. The van der Waals surface area contributed by atoms with Crippen molar-refractivity contribution in [2.75, 3.05) is 41.3 Å². The second-order valence-electron chi connectivity index (χ2n) is 37.7. The molecule has 8 unspecified atom stereocenters. The second kappa shape index (κ2) is 41.1. The molecule has 0 bridgehead atoms. The van der Waals surface area contributed by atoms with Crippen molar-refractivity contribution >= 4 is 107 Å². The van der Waals surface area contributed by atoms with Crippen molar-refractivity contribution in [3.63, 3.8) is 0 Å². The first-order valence-corrected chi connectivity index (χ1v) is 41.2. The van der Waals surface area contributed by atoms with Crippen LogP contribution in [-0.4, -0.2) is 208 Å². The maximum Gasteiger partial charge on any atom is 0.534 e. The topological polar surface area (TPSA) is 379 Å². The number of Topliss-reactive ketones (excluding diaryl/α,β-unsaturated/α-hetero) is 6. The summed E-state index contributed by atoms with van der Waals surface area (Å²) in [4.78, 5) is 217. The summed E-state index contributed by atoms with van der Waals surface area (Å²) >= 11 is 0. The molecule has 2 aromatic carbocycles. The van der Waals surface area contributed by atoms with E-state index in [4.69, 9.17) is 10.5 Å². The molecule has 3 saturated heterocycles. The number of nitrogens with two attached hydrogens (primary N) is 1. The van der Waals surface area contributed by atoms with Gasteiger partial charge in [0.15, 0.2) is 23.1 Å². The van der Waals surface area contributed by atoms with Crippen molar-refractivity contribution in [2.45, 2.75) is 267 Å². The maximum atomic E-state index is 14.3. The largest absolute Gasteiger partial charge is 0.534 e. The van der Waals surface area contributed by atoms with Crippen LogP contribution in [0.4, 0.5) is 35.9 Å². The van der Waals surface area contributed by atoms with Crippen molar-refractivity contribution in [3.05, 3.63) is 71.8 Å². The Morgan fingerprint density at radius 1 is 0.516 bits per heavy atom. The lowest BCUT2D eigenvalue weighted by molar-refractivity contribution is -0.256. The van der Waals surface area contributed by atoms with Crippen molar-refractivity contribution in [2.24, 2.45) is 74.7 Å². The maximum absolute atomic E-state index is 14.3. The van der Waals surface area contributed by atoms with Crippen molar-refractivity contribution in [1.29, 1.82) is 0 Å². The van der Waals surface area contributed by atoms with E-state index in [1.807, 2.05) is 40.7 Å². The normalized spacial score (nSPS) is 21.4. The number of halogens is 7. The molecule has 12 atom stereocenters. The number of hydroxylamine groups is 2. The number of hydrogen-bond donors (Lipinski definition) is 4. The number of hydrogen-bond acceptors (Lipinski definition) is 20. The van der Waals surface area contributed by atoms with Crippen molar-refractivity contribution < 1.29 is 117 Å². The van der Waals surface area contributed by atoms with Gasteiger partial charge in [0.05, 0.1) is 18.1 Å². The molecule has 4 saturated carbocycles. The highest BCUT2D eigenvalue weighted by molar-refractivity contribution is 6.39. The minimum absolute atomic E-state index is 0. The molecule has 2 aromatic rings. The van der Waals surface area contributed by atoms with E-state index in [1.54, 1.807) is 108 Å². The minimum atomic E-state index is -4.87. The van der Waals surface area contributed by atoms with Crippen LogP contribution in [0.25, 0.3) is 0 Å². The Bertz CT molecular complexity index is 4160. The highest BCUT2D eigenvalue weighted by Crippen LogP contribution is 2.66. The van der Waals surface area contributed by atoms with Gasteiger partial charge in [0.1, 0.15) is 18.1 Å². The highest BCUT2D eigenvalue weighted by atomic mass is 35.5. The standard InChI is InChI=1S/C40H55F3N4O8.C35H50N4O6.C9H10F3NO5.C3H8.ClH/c1-37(2,3)33(45-36(54)55-39(6,7)40(41,42)43)35(53)47-21-25-29(38(25,4)5)31(47)27(49)20-24(19-22-15-16-22)32(51)26(48)17-18-28(50)44-30(34(52)46(8)9)23-13-11-10-12-14-23;1-34(2,3)31(36)33(45)39-19-23-27(35(23,4)5)29(39)25(41)18-22(17-20-13-14-20)30(43)24(40)15-16-26(42)37-28(32(44)38(6)7)21-11-9-8-10-12-21;1-8(2,9(10,11)12)17-7(16)18-13-5(14)3-4-6(13)15;1-3-2;/h10-14,22,24-25,29-31,33H,15-21H2,1-9H3,(H,44,50)(H,45,54);8-12,20,22-23,27-29,31H,13-19,36H2,1-7H3,(H,37,42);3-4H2,1-2H3;3H2,1-2H3;1H/t24?,25?,29-,30-,31?,33?;22?,23?,27-,28-,29?,31?;;;/m00.../s1. The van der Waals surface area contributed by atoms with E-state index in [2.05, 4.69) is 53.2 Å². The lowest BCUT2D eigenvalue weighted by atomic mass is 9.83. The van der Waals surface area contributed by atoms with Crippen LogP contribution in [0, 0.1) is 69.0 Å². The molecule has 4 aliphatic carbocycles. The molecule has 122 heavy (non-hydrogen) atoms. The van der Waals surface area contributed by atoms with Gasteiger partial charge in [0.25, 0.3) is 11.8 Å². The zero-order valence-electron chi connectivity index (χ0n) is 73.6. The summed E-state index contributed by atoms with van der Waals surface area (Å²) in [6.07, 6.45) is -9.43. The van der Waals surface area contributed by atoms with E-state index in [1.165, 1.54) is 21.1 Å². The summed E-state index contributed by atoms with van der Waals surface area (Å²) in [7, 11) is 6.30. The average Bonchev–Trinajstić information content (AvgIpc) is 1.53. The van der Waals surface area contributed by atoms with Crippen molar-refractivity contribution in [1.82, 2.24) is 40.6 Å². The zero-order chi connectivity index (χ0) is 91.7. The predicted molar refractivity (Wildman–Crippen MR) is 436 cm³/mol. The Morgan fingerprint density at radius 3 is 1.18 bits per heavy atom. The van der Waals surface area contributed by atoms with Crippen LogP contribution in [0.3, 0.4) is 0 Å². The molecule has 680 valence electrons. The first kappa shape index (κ1) is 103. The number of benzene rings is 2. The fourth-order valence-corrected chi connectivity index (χ4v) is 15.4. The number of carbonyl (C=O) groups is 16. The number of fused-ring (bicyclic) bond motifs is 2. The van der Waals surface area contributed by atoms with Gasteiger partial charge in [-0.2, -0.15) is 26.3 Å². The van der Waals surface area contributed by atoms with Crippen LogP contribution in [-0.2, 0) is 81.4 Å². The predicted octanol–water partition coefficient (Wildman–Crippen LogP) is 11.7. The molecular formula is C87H124ClF6N9O19. The molecule has 28 nitrogen and oxygen atoms in total. The van der Waals surface area contributed by atoms with Crippen LogP contribution < -0.4 is 21.7 Å². The summed E-state index contributed by atoms with van der Waals surface area (Å²) in [6, 6.07) is 11.8. The smallest absolute Gasteiger partial charge is 0.434 e. The minimum Gasteiger partial charge on any atom is -0.434 e. The van der Waals surface area contributed by atoms with Gasteiger partial charge in [-0.25, -0.2) is 9.59 Å². The number of piperidine rings is 2. The zero-order valence-corrected chi connectivity index (χ0v) is 74.4. The first-order valence-electron chi connectivity index (χ1n) is 41.2. The Hall–Kier alpha value is -9.21. The molecule has 3 aliphatic heterocycles. The number of ether oxygens (including phenoxy) is 2. The summed E-state index contributed by atoms with van der Waals surface area (Å²) in [5, 5.41) is 7.79. The van der Waals surface area contributed by atoms with E-state index in [0.29, 0.717) is 58.2 Å². The number of likely N-dealkylation sites (tertiary alicyclic amines) is 2. The van der Waals surface area contributed by atoms with Gasteiger partial charge in [0, 0.05) is 104 Å². The van der Waals surface area contributed by atoms with E-state index in [9.17, 15) is 103 Å². The van der Waals surface area contributed by atoms with Gasteiger partial charge in [-0.15, -0.1) is 12.4 Å². The monoisotopic (exact) mass is 1750 g/mol. The van der Waals surface area contributed by atoms with Gasteiger partial charge in [0.2, 0.25) is 58.2 Å². The fourth-order valence-electron chi connectivity index (χ4n) is 15.4. The average molecular weight is 1750 g/mol. The van der Waals surface area contributed by atoms with E-state index < -0.39 is 160 Å². The number of nitrogens with one attached hydrogen (secondary N) is 3. The fraction of sp³-hybridized carbons (Fsp3) is 0.678. The summed E-state index contributed by atoms with van der Waals surface area (Å²) < 4.78 is 86.3. The molecule has 3 heterocycles. The van der Waals surface area contributed by atoms with Crippen LogP contribution in [0.5, 0.6) is 0 Å². The third-order valence-corrected chi connectivity index (χ3v) is 23.7. The number of carbonyl (C=O) groups excluding carboxylic acids is 16. The van der Waals surface area contributed by atoms with Crippen LogP contribution in [0.15, 0.2) is 60.7 Å². The number of alkyl halides is 6. The van der Waals surface area contributed by atoms with E-state index >= 15 is 0 Å². The number of likely N-dealkylation sites (N-methyl/N-ethyl adjacent to an activating group) is 2. The SMILES string of the molecule is CC(C)(OC(=O)ON1C(=O)CCC1=O)C(F)(F)F.CCC.CN(C)C(=O)[C@@H](NC(=O)CCC(=O)C(=O)C(CC(=O)C1[C@@H]2C(CN1C(=O)C(N)C(C)(C)C)C2(C)C)CC1CC1)c1ccccc1.CN(C)C(=O)[C@@H](NC(=O)CCC(=O)C(=O)C(CC(=O)C1[C@@H]2C(CN1C(=O)C(NC(=O)OC(C)(C)C(F)(F)F)C(C)(C)C)C2(C)C)CC1CC1)c1ccccc1.Cl. The second-order valence-corrected chi connectivity index (χ2v) is 37.7. The Kier molecular flexibility index (Phi) is 34.8. The molecule has 35 heteroatoms. The van der Waals surface area contributed by atoms with E-state index in [0.717, 1.165) is 25.7 Å². The molecule has 0 aromatic heterocycles. The summed E-state index contributed by atoms with van der Waals surface area (Å²) in [5.74, 6) is -9.35. The Balaban J connectivity index is 0.000000353. The molecular weight excluding hydrogens is 1620 g/mol. The molecule has 0 spiro atoms. The van der Waals surface area contributed by atoms with Gasteiger partial charge in [-0.3, -0.25) is 72.0 Å². The van der Waals surface area contributed by atoms with Gasteiger partial charge in [-0.05, 0) is 109 Å². The molecule has 7 aliphatic rings. The number of amides is 9. The highest BCUT2D eigenvalue weighted by Gasteiger charge is 2.71. The number of ketones is 6. The molecule has 7 fully saturated rings. The quantitative estimate of drug-likeness (QED) is 0.0229. The van der Waals surface area contributed by atoms with Crippen LogP contribution >= 0.6 is 12.4 Å². The van der Waals surface area contributed by atoms with Crippen LogP contribution in [0.2, 0.25) is 0 Å². The van der Waals surface area contributed by atoms with E-state index in [-0.39, 0.29) is 139 Å². The lowest BCUT2D eigenvalue weighted by Crippen LogP contribution is -2.59. The number of alkyl carbamates (subject to hydrolysis) is 1. The molecule has 5 N–H and O–H groups in total. The van der Waals surface area contributed by atoms with Gasteiger partial charge in [-0.1, -0.05) is 181 Å². The first-order chi connectivity index (χ1) is 55.7. The molecule has 9 rings (SSSR count). The Labute approximate surface area is 716 Å². The lowest BCUT2D eigenvalue weighted by Gasteiger charge is -2.38. The number of imide groups is 1. The van der Waals surface area contributed by atoms with Gasteiger partial charge < -0.3 is 50.8 Å². The summed E-state index contributed by atoms with van der Waals surface area (Å²) in [5.41, 5.74) is -0.0122. The van der Waals surface area contributed by atoms with Crippen LogP contribution in [0.1, 0.15) is 230 Å². The molecule has 9 amide bonds. The summed E-state index contributed by atoms with van der Waals surface area (Å²) in [6.45, 7) is 26.2. The number of rotatable bonds is 32. The third-order valence-electron chi connectivity index (χ3n) is 23.7. The van der Waals surface area contributed by atoms with Gasteiger partial charge >= 0.3 is 24.6 Å². The molecule has 0 radical (unpaired) electrons. The third kappa shape index (κ3) is 26.7.